The summed E-state index contributed by atoms with van der Waals surface area (Å²) in [6.45, 7) is 0.325. The van der Waals surface area contributed by atoms with Gasteiger partial charge in [0.2, 0.25) is 10.0 Å². The predicted octanol–water partition coefficient (Wildman–Crippen LogP) is 1.45. The highest BCUT2D eigenvalue weighted by atomic mass is 32.2. The van der Waals surface area contributed by atoms with E-state index in [1.54, 1.807) is 0 Å². The highest BCUT2D eigenvalue weighted by molar-refractivity contribution is 7.89. The fourth-order valence-electron chi connectivity index (χ4n) is 3.33. The van der Waals surface area contributed by atoms with Crippen molar-refractivity contribution in [2.24, 2.45) is 0 Å². The van der Waals surface area contributed by atoms with Crippen LogP contribution in [0.4, 0.5) is 4.79 Å². The van der Waals surface area contributed by atoms with Gasteiger partial charge in [-0.2, -0.15) is 4.31 Å². The number of hydrogen-bond acceptors (Lipinski definition) is 6. The fraction of sp³-hybridized carbons (Fsp3) is 0.333. The van der Waals surface area contributed by atoms with Crippen molar-refractivity contribution in [1.29, 1.82) is 0 Å². The number of methoxy groups -OCH3 is 2. The summed E-state index contributed by atoms with van der Waals surface area (Å²) in [6.07, 6.45) is 0. The van der Waals surface area contributed by atoms with Crippen LogP contribution in [0.1, 0.15) is 5.56 Å². The monoisotopic (exact) mass is 447 g/mol. The normalized spacial score (nSPS) is 17.1. The van der Waals surface area contributed by atoms with Crippen LogP contribution in [-0.2, 0) is 26.1 Å². The Hall–Kier alpha value is -3.11. The Labute approximate surface area is 181 Å². The first kappa shape index (κ1) is 22.6. The average Bonchev–Trinajstić information content (AvgIpc) is 2.82. The van der Waals surface area contributed by atoms with Crippen molar-refractivity contribution >= 4 is 22.0 Å². The molecule has 1 saturated heterocycles. The zero-order valence-corrected chi connectivity index (χ0v) is 18.2. The Morgan fingerprint density at radius 3 is 2.32 bits per heavy atom. The minimum atomic E-state index is -3.98. The lowest BCUT2D eigenvalue weighted by Gasteiger charge is -2.38. The molecule has 1 atom stereocenters. The van der Waals surface area contributed by atoms with Crippen LogP contribution in [-0.4, -0.2) is 69.5 Å². The van der Waals surface area contributed by atoms with Gasteiger partial charge in [-0.15, -0.1) is 0 Å². The molecule has 0 aromatic heterocycles. The van der Waals surface area contributed by atoms with Crippen LogP contribution >= 0.6 is 0 Å². The van der Waals surface area contributed by atoms with Crippen molar-refractivity contribution in [3.8, 4) is 5.75 Å². The van der Waals surface area contributed by atoms with E-state index in [-0.39, 0.29) is 30.6 Å². The number of carbonyl (C=O) groups is 2. The summed E-state index contributed by atoms with van der Waals surface area (Å²) in [5.41, 5.74) is 0.932. The van der Waals surface area contributed by atoms with Crippen LogP contribution < -0.4 is 10.1 Å². The molecule has 0 bridgehead atoms. The Balaban J connectivity index is 1.74. The summed E-state index contributed by atoms with van der Waals surface area (Å²) < 4.78 is 37.3. The van der Waals surface area contributed by atoms with E-state index in [1.165, 1.54) is 43.4 Å². The molecule has 10 heteroatoms. The largest absolute Gasteiger partial charge is 0.497 e. The van der Waals surface area contributed by atoms with E-state index in [9.17, 15) is 18.0 Å². The van der Waals surface area contributed by atoms with Gasteiger partial charge in [0.25, 0.3) is 0 Å². The third-order valence-electron chi connectivity index (χ3n) is 5.04. The number of carbonyl (C=O) groups excluding carboxylic acids is 2. The van der Waals surface area contributed by atoms with Crippen molar-refractivity contribution in [1.82, 2.24) is 14.5 Å². The van der Waals surface area contributed by atoms with Crippen molar-refractivity contribution < 1.29 is 27.5 Å². The molecular weight excluding hydrogens is 422 g/mol. The molecule has 1 heterocycles. The summed E-state index contributed by atoms with van der Waals surface area (Å²) in [6, 6.07) is 13.8. The molecule has 2 aromatic rings. The second-order valence-electron chi connectivity index (χ2n) is 6.92. The smallest absolute Gasteiger partial charge is 0.326 e. The van der Waals surface area contributed by atoms with Crippen LogP contribution in [0.5, 0.6) is 5.75 Å². The molecule has 1 fully saturated rings. The number of ether oxygens (including phenoxy) is 2. The third kappa shape index (κ3) is 5.15. The van der Waals surface area contributed by atoms with E-state index < -0.39 is 22.0 Å². The van der Waals surface area contributed by atoms with E-state index in [0.717, 1.165) is 9.87 Å². The topological polar surface area (TPSA) is 105 Å². The first-order chi connectivity index (χ1) is 14.9. The molecule has 2 aromatic carbocycles. The summed E-state index contributed by atoms with van der Waals surface area (Å²) in [5.74, 6) is -0.207. The zero-order chi connectivity index (χ0) is 22.4. The lowest BCUT2D eigenvalue weighted by Crippen LogP contribution is -2.60. The van der Waals surface area contributed by atoms with Gasteiger partial charge in [-0.3, -0.25) is 4.79 Å². The fourth-order valence-corrected chi connectivity index (χ4v) is 4.90. The molecule has 31 heavy (non-hydrogen) atoms. The third-order valence-corrected chi connectivity index (χ3v) is 6.97. The van der Waals surface area contributed by atoms with Gasteiger partial charge in [-0.1, -0.05) is 30.3 Å². The Bertz CT molecular complexity index is 1010. The maximum atomic E-state index is 13.2. The van der Waals surface area contributed by atoms with Gasteiger partial charge in [-0.25, -0.2) is 13.2 Å². The molecule has 0 radical (unpaired) electrons. The van der Waals surface area contributed by atoms with Gasteiger partial charge in [0.15, 0.2) is 0 Å². The molecule has 1 unspecified atom stereocenters. The number of nitrogens with one attached hydrogen (secondary N) is 1. The highest BCUT2D eigenvalue weighted by Crippen LogP contribution is 2.24. The molecule has 3 rings (SSSR count). The SMILES string of the molecule is COC(=O)C1CN(C(=O)NCc2ccccc2)CCN1S(=O)(=O)c1ccc(OC)cc1. The number of rotatable bonds is 6. The van der Waals surface area contributed by atoms with E-state index in [2.05, 4.69) is 5.32 Å². The summed E-state index contributed by atoms with van der Waals surface area (Å²) in [7, 11) is -1.30. The maximum absolute atomic E-state index is 13.2. The standard InChI is InChI=1S/C21H25N3O6S/c1-29-17-8-10-18(11-9-17)31(27,28)24-13-12-23(15-19(24)20(25)30-2)21(26)22-14-16-6-4-3-5-7-16/h3-11,19H,12-15H2,1-2H3,(H,22,26). The van der Waals surface area contributed by atoms with Crippen LogP contribution in [0, 0.1) is 0 Å². The Morgan fingerprint density at radius 1 is 1.03 bits per heavy atom. The summed E-state index contributed by atoms with van der Waals surface area (Å²) in [4.78, 5) is 26.5. The highest BCUT2D eigenvalue weighted by Gasteiger charge is 2.42. The number of hydrogen-bond donors (Lipinski definition) is 1. The first-order valence-electron chi connectivity index (χ1n) is 9.67. The Kier molecular flexibility index (Phi) is 7.13. The second-order valence-corrected chi connectivity index (χ2v) is 8.81. The molecule has 1 N–H and O–H groups in total. The van der Waals surface area contributed by atoms with Gasteiger partial charge in [0, 0.05) is 26.2 Å². The first-order valence-corrected chi connectivity index (χ1v) is 11.1. The van der Waals surface area contributed by atoms with Crippen LogP contribution in [0.3, 0.4) is 0 Å². The molecule has 0 aliphatic carbocycles. The average molecular weight is 448 g/mol. The van der Waals surface area contributed by atoms with Crippen molar-refractivity contribution in [3.63, 3.8) is 0 Å². The van der Waals surface area contributed by atoms with E-state index in [4.69, 9.17) is 9.47 Å². The van der Waals surface area contributed by atoms with Gasteiger partial charge < -0.3 is 19.7 Å². The molecule has 9 nitrogen and oxygen atoms in total. The van der Waals surface area contributed by atoms with Crippen molar-refractivity contribution in [3.05, 3.63) is 60.2 Å². The molecule has 2 amide bonds. The number of benzene rings is 2. The summed E-state index contributed by atoms with van der Waals surface area (Å²) in [5, 5.41) is 2.80. The van der Waals surface area contributed by atoms with Gasteiger partial charge in [0.1, 0.15) is 11.8 Å². The van der Waals surface area contributed by atoms with Gasteiger partial charge in [-0.05, 0) is 29.8 Å². The Morgan fingerprint density at radius 2 is 1.71 bits per heavy atom. The van der Waals surface area contributed by atoms with Crippen molar-refractivity contribution in [2.45, 2.75) is 17.5 Å². The van der Waals surface area contributed by atoms with Crippen LogP contribution in [0.15, 0.2) is 59.5 Å². The van der Waals surface area contributed by atoms with E-state index in [0.29, 0.717) is 12.3 Å². The number of piperazine rings is 1. The summed E-state index contributed by atoms with van der Waals surface area (Å²) >= 11 is 0. The molecule has 1 aliphatic heterocycles. The minimum absolute atomic E-state index is 0.0317. The van der Waals surface area contributed by atoms with Crippen LogP contribution in [0.2, 0.25) is 0 Å². The quantitative estimate of drug-likeness (QED) is 0.672. The van der Waals surface area contributed by atoms with E-state index >= 15 is 0 Å². The zero-order valence-electron chi connectivity index (χ0n) is 17.4. The lowest BCUT2D eigenvalue weighted by atomic mass is 10.2. The molecule has 166 valence electrons. The minimum Gasteiger partial charge on any atom is -0.497 e. The number of nitrogens with zero attached hydrogens (tertiary/aromatic N) is 2. The molecular formula is C21H25N3O6S. The second kappa shape index (κ2) is 9.80. The van der Waals surface area contributed by atoms with E-state index in [1.807, 2.05) is 30.3 Å². The molecule has 0 spiro atoms. The lowest BCUT2D eigenvalue weighted by molar-refractivity contribution is -0.146. The molecule has 0 saturated carbocycles. The number of amides is 2. The number of esters is 1. The van der Waals surface area contributed by atoms with Crippen LogP contribution in [0.25, 0.3) is 0 Å². The number of sulfonamides is 1. The maximum Gasteiger partial charge on any atom is 0.326 e. The van der Waals surface area contributed by atoms with Crippen molar-refractivity contribution in [2.75, 3.05) is 33.9 Å². The van der Waals surface area contributed by atoms with Gasteiger partial charge >= 0.3 is 12.0 Å². The number of urea groups is 1. The molecule has 1 aliphatic rings. The predicted molar refractivity (Wildman–Crippen MR) is 113 cm³/mol. The van der Waals surface area contributed by atoms with Gasteiger partial charge in [0.05, 0.1) is 19.1 Å².